The molecule has 1 amide bonds. The van der Waals surface area contributed by atoms with Crippen molar-refractivity contribution in [2.24, 2.45) is 0 Å². The predicted molar refractivity (Wildman–Crippen MR) is 90.4 cm³/mol. The van der Waals surface area contributed by atoms with Crippen LogP contribution in [-0.4, -0.2) is 15.7 Å². The number of nitrogens with zero attached hydrogens (tertiary/aromatic N) is 2. The Kier molecular flexibility index (Phi) is 4.69. The summed E-state index contributed by atoms with van der Waals surface area (Å²) in [6.45, 7) is 10.3. The van der Waals surface area contributed by atoms with E-state index in [1.807, 2.05) is 23.7 Å². The van der Waals surface area contributed by atoms with E-state index < -0.39 is 0 Å². The third kappa shape index (κ3) is 3.56. The van der Waals surface area contributed by atoms with Crippen LogP contribution in [0, 0.1) is 6.92 Å². The normalized spacial score (nSPS) is 11.5. The Morgan fingerprint density at radius 3 is 2.36 bits per heavy atom. The van der Waals surface area contributed by atoms with Crippen LogP contribution in [0.2, 0.25) is 0 Å². The van der Waals surface area contributed by atoms with Crippen LogP contribution in [0.15, 0.2) is 30.5 Å². The molecule has 2 aromatic rings. The first-order valence-electron chi connectivity index (χ1n) is 7.78. The number of aromatic nitrogens is 2. The average Bonchev–Trinajstić information content (AvgIpc) is 2.83. The van der Waals surface area contributed by atoms with E-state index in [-0.39, 0.29) is 11.4 Å². The molecule has 1 heterocycles. The first-order valence-corrected chi connectivity index (χ1v) is 7.78. The van der Waals surface area contributed by atoms with E-state index in [1.54, 1.807) is 6.20 Å². The van der Waals surface area contributed by atoms with Crippen molar-refractivity contribution in [2.45, 2.75) is 53.0 Å². The van der Waals surface area contributed by atoms with Gasteiger partial charge in [-0.3, -0.25) is 9.48 Å². The van der Waals surface area contributed by atoms with Gasteiger partial charge in [0.2, 0.25) is 0 Å². The lowest BCUT2D eigenvalue weighted by atomic mass is 10.1. The molecule has 22 heavy (non-hydrogen) atoms. The Hall–Kier alpha value is -2.10. The first kappa shape index (κ1) is 16.3. The van der Waals surface area contributed by atoms with E-state index in [0.717, 1.165) is 24.2 Å². The number of nitrogens with one attached hydrogen (secondary N) is 1. The summed E-state index contributed by atoms with van der Waals surface area (Å²) < 4.78 is 1.88. The molecule has 4 heteroatoms. The fourth-order valence-electron chi connectivity index (χ4n) is 2.55. The molecule has 0 aliphatic carbocycles. The zero-order chi connectivity index (χ0) is 16.3. The third-order valence-electron chi connectivity index (χ3n) is 3.64. The summed E-state index contributed by atoms with van der Waals surface area (Å²) >= 11 is 0. The summed E-state index contributed by atoms with van der Waals surface area (Å²) in [7, 11) is 0. The largest absolute Gasteiger partial charge is 0.322 e. The van der Waals surface area contributed by atoms with E-state index in [2.05, 4.69) is 50.2 Å². The number of hydrogen-bond donors (Lipinski definition) is 1. The molecule has 0 atom stereocenters. The number of carbonyl (C=O) groups is 1. The fourth-order valence-corrected chi connectivity index (χ4v) is 2.55. The quantitative estimate of drug-likeness (QED) is 0.921. The minimum Gasteiger partial charge on any atom is -0.322 e. The smallest absolute Gasteiger partial charge is 0.259 e. The highest BCUT2D eigenvalue weighted by atomic mass is 16.1. The van der Waals surface area contributed by atoms with Crippen LogP contribution in [0.25, 0.3) is 0 Å². The summed E-state index contributed by atoms with van der Waals surface area (Å²) in [6, 6.07) is 8.02. The van der Waals surface area contributed by atoms with Gasteiger partial charge in [0, 0.05) is 11.4 Å². The summed E-state index contributed by atoms with van der Waals surface area (Å²) in [5.41, 5.74) is 3.47. The summed E-state index contributed by atoms with van der Waals surface area (Å²) in [5, 5.41) is 7.28. The van der Waals surface area contributed by atoms with Gasteiger partial charge in [-0.2, -0.15) is 5.10 Å². The van der Waals surface area contributed by atoms with Crippen LogP contribution in [0.4, 0.5) is 5.69 Å². The molecule has 118 valence electrons. The van der Waals surface area contributed by atoms with Gasteiger partial charge in [0.1, 0.15) is 0 Å². The van der Waals surface area contributed by atoms with Crippen molar-refractivity contribution in [3.8, 4) is 0 Å². The molecule has 0 aliphatic rings. The third-order valence-corrected chi connectivity index (χ3v) is 3.64. The molecule has 4 nitrogen and oxygen atoms in total. The lowest BCUT2D eigenvalue weighted by Gasteiger charge is -2.21. The van der Waals surface area contributed by atoms with Crippen molar-refractivity contribution in [1.29, 1.82) is 0 Å². The second-order valence-electron chi connectivity index (χ2n) is 6.63. The zero-order valence-electron chi connectivity index (χ0n) is 14.1. The molecular weight excluding hydrogens is 274 g/mol. The second kappa shape index (κ2) is 6.34. The SMILES string of the molecule is CCCc1ccc(NC(=O)c2cnn(C(C)(C)C)c2C)cc1. The van der Waals surface area contributed by atoms with E-state index in [4.69, 9.17) is 0 Å². The van der Waals surface area contributed by atoms with Gasteiger partial charge < -0.3 is 5.32 Å². The lowest BCUT2D eigenvalue weighted by Crippen LogP contribution is -2.25. The van der Waals surface area contributed by atoms with Crippen LogP contribution in [0.1, 0.15) is 55.7 Å². The molecule has 0 aliphatic heterocycles. The summed E-state index contributed by atoms with van der Waals surface area (Å²) in [6.07, 6.45) is 3.82. The van der Waals surface area contributed by atoms with Gasteiger partial charge in [-0.15, -0.1) is 0 Å². The van der Waals surface area contributed by atoms with Gasteiger partial charge in [0.25, 0.3) is 5.91 Å². The number of hydrogen-bond acceptors (Lipinski definition) is 2. The molecular formula is C18H25N3O. The van der Waals surface area contributed by atoms with E-state index >= 15 is 0 Å². The summed E-state index contributed by atoms with van der Waals surface area (Å²) in [4.78, 5) is 12.4. The second-order valence-corrected chi connectivity index (χ2v) is 6.63. The van der Waals surface area contributed by atoms with Crippen molar-refractivity contribution >= 4 is 11.6 Å². The highest BCUT2D eigenvalue weighted by Crippen LogP contribution is 2.19. The van der Waals surface area contributed by atoms with Crippen LogP contribution < -0.4 is 5.32 Å². The average molecular weight is 299 g/mol. The monoisotopic (exact) mass is 299 g/mol. The number of benzene rings is 1. The Balaban J connectivity index is 2.14. The molecule has 0 saturated heterocycles. The molecule has 1 aromatic carbocycles. The number of carbonyl (C=O) groups excluding carboxylic acids is 1. The number of rotatable bonds is 4. The molecule has 1 N–H and O–H groups in total. The molecule has 0 fully saturated rings. The van der Waals surface area contributed by atoms with Crippen LogP contribution in [0.5, 0.6) is 0 Å². The highest BCUT2D eigenvalue weighted by molar-refractivity contribution is 6.04. The van der Waals surface area contributed by atoms with E-state index in [1.165, 1.54) is 5.56 Å². The van der Waals surface area contributed by atoms with E-state index in [9.17, 15) is 4.79 Å². The van der Waals surface area contributed by atoms with Crippen LogP contribution in [-0.2, 0) is 12.0 Å². The van der Waals surface area contributed by atoms with Crippen molar-refractivity contribution in [3.63, 3.8) is 0 Å². The lowest BCUT2D eigenvalue weighted by molar-refractivity contribution is 0.102. The number of anilines is 1. The fraction of sp³-hybridized carbons (Fsp3) is 0.444. The topological polar surface area (TPSA) is 46.9 Å². The minimum absolute atomic E-state index is 0.115. The molecule has 0 spiro atoms. The minimum atomic E-state index is -0.135. The molecule has 0 unspecified atom stereocenters. The predicted octanol–water partition coefficient (Wildman–Crippen LogP) is 4.15. The standard InChI is InChI=1S/C18H25N3O/c1-6-7-14-8-10-15(11-9-14)20-17(22)16-12-19-21(13(16)2)18(3,4)5/h8-12H,6-7H2,1-5H3,(H,20,22). The van der Waals surface area contributed by atoms with Gasteiger partial charge >= 0.3 is 0 Å². The first-order chi connectivity index (χ1) is 10.3. The molecule has 2 rings (SSSR count). The molecule has 0 radical (unpaired) electrons. The highest BCUT2D eigenvalue weighted by Gasteiger charge is 2.21. The maximum Gasteiger partial charge on any atom is 0.259 e. The Bertz CT molecular complexity index is 648. The van der Waals surface area contributed by atoms with Crippen LogP contribution in [0.3, 0.4) is 0 Å². The molecule has 1 aromatic heterocycles. The Morgan fingerprint density at radius 1 is 1.23 bits per heavy atom. The maximum atomic E-state index is 12.4. The van der Waals surface area contributed by atoms with Gasteiger partial charge in [-0.25, -0.2) is 0 Å². The van der Waals surface area contributed by atoms with Crippen molar-refractivity contribution in [1.82, 2.24) is 9.78 Å². The number of aryl methyl sites for hydroxylation is 1. The summed E-state index contributed by atoms with van der Waals surface area (Å²) in [5.74, 6) is -0.115. The maximum absolute atomic E-state index is 12.4. The Labute approximate surface area is 132 Å². The van der Waals surface area contributed by atoms with Crippen molar-refractivity contribution in [3.05, 3.63) is 47.3 Å². The molecule has 0 bridgehead atoms. The van der Waals surface area contributed by atoms with Crippen molar-refractivity contribution in [2.75, 3.05) is 5.32 Å². The molecule has 0 saturated carbocycles. The van der Waals surface area contributed by atoms with E-state index in [0.29, 0.717) is 5.56 Å². The Morgan fingerprint density at radius 2 is 1.86 bits per heavy atom. The van der Waals surface area contributed by atoms with Crippen molar-refractivity contribution < 1.29 is 4.79 Å². The van der Waals surface area contributed by atoms with Gasteiger partial charge in [-0.05, 0) is 51.8 Å². The van der Waals surface area contributed by atoms with Crippen LogP contribution >= 0.6 is 0 Å². The zero-order valence-corrected chi connectivity index (χ0v) is 14.1. The number of amides is 1. The van der Waals surface area contributed by atoms with Gasteiger partial charge in [-0.1, -0.05) is 25.5 Å². The van der Waals surface area contributed by atoms with Gasteiger partial charge in [0.05, 0.1) is 17.3 Å². The van der Waals surface area contributed by atoms with Gasteiger partial charge in [0.15, 0.2) is 0 Å².